The second-order valence-corrected chi connectivity index (χ2v) is 4.36. The van der Waals surface area contributed by atoms with Crippen LogP contribution in [0.15, 0.2) is 12.1 Å². The van der Waals surface area contributed by atoms with E-state index in [1.807, 2.05) is 6.92 Å². The van der Waals surface area contributed by atoms with Gasteiger partial charge in [0.15, 0.2) is 17.5 Å². The molecule has 5 heteroatoms. The van der Waals surface area contributed by atoms with Crippen LogP contribution < -0.4 is 10.6 Å². The van der Waals surface area contributed by atoms with E-state index in [0.29, 0.717) is 12.1 Å². The third-order valence-electron chi connectivity index (χ3n) is 2.58. The minimum absolute atomic E-state index is 0.174. The van der Waals surface area contributed by atoms with Crippen molar-refractivity contribution >= 4 is 0 Å². The van der Waals surface area contributed by atoms with Crippen LogP contribution in [0, 0.1) is 17.5 Å². The SMILES string of the molecule is CCCNCC(C)NCc1cc(F)c(F)c(F)c1. The number of hydrogen-bond donors (Lipinski definition) is 2. The van der Waals surface area contributed by atoms with Gasteiger partial charge in [0.05, 0.1) is 0 Å². The van der Waals surface area contributed by atoms with Crippen molar-refractivity contribution in [3.63, 3.8) is 0 Å². The molecule has 0 heterocycles. The van der Waals surface area contributed by atoms with Crippen molar-refractivity contribution in [2.24, 2.45) is 0 Å². The normalized spacial score (nSPS) is 12.7. The van der Waals surface area contributed by atoms with Gasteiger partial charge in [-0.1, -0.05) is 6.92 Å². The van der Waals surface area contributed by atoms with Gasteiger partial charge in [-0.25, -0.2) is 13.2 Å². The smallest absolute Gasteiger partial charge is 0.194 e. The third kappa shape index (κ3) is 4.66. The number of rotatable bonds is 7. The highest BCUT2D eigenvalue weighted by Crippen LogP contribution is 2.13. The van der Waals surface area contributed by atoms with Gasteiger partial charge in [-0.05, 0) is 37.6 Å². The zero-order chi connectivity index (χ0) is 13.5. The van der Waals surface area contributed by atoms with Crippen molar-refractivity contribution < 1.29 is 13.2 Å². The molecule has 0 saturated carbocycles. The topological polar surface area (TPSA) is 24.1 Å². The molecule has 0 aliphatic heterocycles. The van der Waals surface area contributed by atoms with E-state index < -0.39 is 17.5 Å². The number of hydrogen-bond acceptors (Lipinski definition) is 2. The van der Waals surface area contributed by atoms with Gasteiger partial charge in [0.25, 0.3) is 0 Å². The van der Waals surface area contributed by atoms with E-state index in [1.54, 1.807) is 0 Å². The summed E-state index contributed by atoms with van der Waals surface area (Å²) < 4.78 is 38.7. The van der Waals surface area contributed by atoms with Crippen molar-refractivity contribution in [2.45, 2.75) is 32.9 Å². The molecule has 2 nitrogen and oxygen atoms in total. The van der Waals surface area contributed by atoms with Crippen molar-refractivity contribution in [3.05, 3.63) is 35.1 Å². The third-order valence-corrected chi connectivity index (χ3v) is 2.58. The van der Waals surface area contributed by atoms with Crippen LogP contribution in [0.5, 0.6) is 0 Å². The average molecular weight is 260 g/mol. The first-order chi connectivity index (χ1) is 8.54. The van der Waals surface area contributed by atoms with E-state index in [4.69, 9.17) is 0 Å². The summed E-state index contributed by atoms with van der Waals surface area (Å²) in [5, 5.41) is 6.35. The summed E-state index contributed by atoms with van der Waals surface area (Å²) in [6, 6.07) is 2.20. The Hall–Kier alpha value is -1.07. The minimum Gasteiger partial charge on any atom is -0.315 e. The summed E-state index contributed by atoms with van der Waals surface area (Å²) >= 11 is 0. The van der Waals surface area contributed by atoms with Crippen LogP contribution >= 0.6 is 0 Å². The van der Waals surface area contributed by atoms with Crippen LogP contribution in [0.25, 0.3) is 0 Å². The number of halogens is 3. The lowest BCUT2D eigenvalue weighted by Crippen LogP contribution is -2.36. The molecule has 1 aromatic carbocycles. The van der Waals surface area contributed by atoms with E-state index >= 15 is 0 Å². The predicted octanol–water partition coefficient (Wildman–Crippen LogP) is 2.58. The van der Waals surface area contributed by atoms with E-state index in [1.165, 1.54) is 0 Å². The maximum atomic E-state index is 13.0. The fourth-order valence-corrected chi connectivity index (χ4v) is 1.57. The lowest BCUT2D eigenvalue weighted by atomic mass is 10.2. The standard InChI is InChI=1S/C13H19F3N2/c1-3-4-17-7-9(2)18-8-10-5-11(14)13(16)12(15)6-10/h5-6,9,17-18H,3-4,7-8H2,1-2H3. The van der Waals surface area contributed by atoms with Gasteiger partial charge in [0.1, 0.15) is 0 Å². The maximum absolute atomic E-state index is 13.0. The minimum atomic E-state index is -1.42. The van der Waals surface area contributed by atoms with Gasteiger partial charge < -0.3 is 10.6 Å². The first kappa shape index (κ1) is 15.0. The van der Waals surface area contributed by atoms with Crippen molar-refractivity contribution in [2.75, 3.05) is 13.1 Å². The lowest BCUT2D eigenvalue weighted by molar-refractivity contribution is 0.442. The molecular weight excluding hydrogens is 241 g/mol. The number of nitrogens with one attached hydrogen (secondary N) is 2. The van der Waals surface area contributed by atoms with Gasteiger partial charge in [-0.3, -0.25) is 0 Å². The molecule has 1 aromatic rings. The Morgan fingerprint density at radius 1 is 1.17 bits per heavy atom. The van der Waals surface area contributed by atoms with Gasteiger partial charge in [0.2, 0.25) is 0 Å². The lowest BCUT2D eigenvalue weighted by Gasteiger charge is -2.14. The van der Waals surface area contributed by atoms with Crippen LogP contribution in [0.2, 0.25) is 0 Å². The molecule has 102 valence electrons. The van der Waals surface area contributed by atoms with E-state index in [2.05, 4.69) is 17.6 Å². The molecule has 2 N–H and O–H groups in total. The second-order valence-electron chi connectivity index (χ2n) is 4.36. The summed E-state index contributed by atoms with van der Waals surface area (Å²) in [7, 11) is 0. The van der Waals surface area contributed by atoms with E-state index in [0.717, 1.165) is 31.6 Å². The molecule has 1 unspecified atom stereocenters. The van der Waals surface area contributed by atoms with Crippen LogP contribution in [-0.2, 0) is 6.54 Å². The van der Waals surface area contributed by atoms with Gasteiger partial charge in [-0.2, -0.15) is 0 Å². The zero-order valence-electron chi connectivity index (χ0n) is 10.7. The molecule has 0 aliphatic rings. The Kier molecular flexibility index (Phi) is 6.15. The first-order valence-electron chi connectivity index (χ1n) is 6.12. The predicted molar refractivity (Wildman–Crippen MR) is 65.8 cm³/mol. The van der Waals surface area contributed by atoms with Crippen LogP contribution in [0.4, 0.5) is 13.2 Å². The molecular formula is C13H19F3N2. The molecule has 18 heavy (non-hydrogen) atoms. The van der Waals surface area contributed by atoms with Crippen molar-refractivity contribution in [1.29, 1.82) is 0 Å². The highest BCUT2D eigenvalue weighted by Gasteiger charge is 2.10. The molecule has 0 aliphatic carbocycles. The summed E-state index contributed by atoms with van der Waals surface area (Å²) in [6.07, 6.45) is 1.06. The largest absolute Gasteiger partial charge is 0.315 e. The molecule has 0 saturated heterocycles. The molecule has 1 rings (SSSR count). The molecule has 0 amide bonds. The molecule has 0 radical (unpaired) electrons. The zero-order valence-corrected chi connectivity index (χ0v) is 10.7. The van der Waals surface area contributed by atoms with Crippen molar-refractivity contribution in [3.8, 4) is 0 Å². The summed E-state index contributed by atoms with van der Waals surface area (Å²) in [4.78, 5) is 0. The highest BCUT2D eigenvalue weighted by atomic mass is 19.2. The Balaban J connectivity index is 2.43. The monoisotopic (exact) mass is 260 g/mol. The number of benzene rings is 1. The first-order valence-corrected chi connectivity index (χ1v) is 6.12. The molecule has 0 fully saturated rings. The quantitative estimate of drug-likeness (QED) is 0.581. The Morgan fingerprint density at radius 3 is 2.33 bits per heavy atom. The van der Waals surface area contributed by atoms with Crippen LogP contribution in [0.3, 0.4) is 0 Å². The van der Waals surface area contributed by atoms with Gasteiger partial charge in [0, 0.05) is 19.1 Å². The maximum Gasteiger partial charge on any atom is 0.194 e. The second kappa shape index (κ2) is 7.38. The fraction of sp³-hybridized carbons (Fsp3) is 0.538. The van der Waals surface area contributed by atoms with Gasteiger partial charge in [-0.15, -0.1) is 0 Å². The average Bonchev–Trinajstić information content (AvgIpc) is 2.33. The van der Waals surface area contributed by atoms with Crippen LogP contribution in [-0.4, -0.2) is 19.1 Å². The Morgan fingerprint density at radius 2 is 1.78 bits per heavy atom. The van der Waals surface area contributed by atoms with Crippen molar-refractivity contribution in [1.82, 2.24) is 10.6 Å². The highest BCUT2D eigenvalue weighted by molar-refractivity contribution is 5.19. The Labute approximate surface area is 106 Å². The van der Waals surface area contributed by atoms with Gasteiger partial charge >= 0.3 is 0 Å². The molecule has 0 aromatic heterocycles. The van der Waals surface area contributed by atoms with Crippen LogP contribution in [0.1, 0.15) is 25.8 Å². The summed E-state index contributed by atoms with van der Waals surface area (Å²) in [6.45, 7) is 6.07. The van der Waals surface area contributed by atoms with E-state index in [9.17, 15) is 13.2 Å². The summed E-state index contributed by atoms with van der Waals surface area (Å²) in [5.41, 5.74) is 0.397. The summed E-state index contributed by atoms with van der Waals surface area (Å²) in [5.74, 6) is -3.72. The molecule has 0 spiro atoms. The Bertz CT molecular complexity index is 359. The molecule has 1 atom stereocenters. The molecule has 0 bridgehead atoms. The van der Waals surface area contributed by atoms with E-state index in [-0.39, 0.29) is 6.04 Å². The fourth-order valence-electron chi connectivity index (χ4n) is 1.57.